The molecule has 0 saturated heterocycles. The maximum atomic E-state index is 13.4. The number of halogens is 1. The third kappa shape index (κ3) is 2.43. The molecule has 0 fully saturated rings. The van der Waals surface area contributed by atoms with E-state index in [2.05, 4.69) is 25.3 Å². The normalized spacial score (nSPS) is 10.1. The predicted octanol–water partition coefficient (Wildman–Crippen LogP) is 1.60. The van der Waals surface area contributed by atoms with Crippen LogP contribution in [0.4, 0.5) is 10.3 Å². The highest BCUT2D eigenvalue weighted by molar-refractivity contribution is 7.99. The Kier molecular flexibility index (Phi) is 3.25. The highest BCUT2D eigenvalue weighted by atomic mass is 32.2. The molecule has 1 N–H and O–H groups in total. The molecule has 0 aliphatic rings. The molecule has 2 aromatic heterocycles. The molecular formula is C9H8FN5S. The summed E-state index contributed by atoms with van der Waals surface area (Å²) in [5, 5.41) is 3.61. The van der Waals surface area contributed by atoms with Crippen molar-refractivity contribution in [2.45, 2.75) is 10.1 Å². The fourth-order valence-corrected chi connectivity index (χ4v) is 1.69. The van der Waals surface area contributed by atoms with Crippen LogP contribution < -0.4 is 5.32 Å². The number of nitrogens with one attached hydrogen (secondary N) is 1. The second-order valence-corrected chi connectivity index (χ2v) is 3.76. The Labute approximate surface area is 95.6 Å². The molecule has 0 bridgehead atoms. The Morgan fingerprint density at radius 2 is 2.25 bits per heavy atom. The Morgan fingerprint density at radius 3 is 2.94 bits per heavy atom. The Bertz CT molecular complexity index is 479. The average Bonchev–Trinajstić information content (AvgIpc) is 2.33. The van der Waals surface area contributed by atoms with E-state index in [1.54, 1.807) is 19.3 Å². The molecule has 0 aromatic carbocycles. The van der Waals surface area contributed by atoms with E-state index in [-0.39, 0.29) is 5.03 Å². The van der Waals surface area contributed by atoms with Crippen molar-refractivity contribution in [3.8, 4) is 0 Å². The monoisotopic (exact) mass is 237 g/mol. The highest BCUT2D eigenvalue weighted by Crippen LogP contribution is 2.26. The standard InChI is InChI=1S/C9H8FN5S/c1-11-9-13-4-6(10)8(15-9)16-7-2-3-12-5-14-7/h2-5H,1H3,(H,11,13,15). The van der Waals surface area contributed by atoms with Gasteiger partial charge in [0.1, 0.15) is 16.4 Å². The number of anilines is 1. The first-order chi connectivity index (χ1) is 7.79. The summed E-state index contributed by atoms with van der Waals surface area (Å²) in [6.07, 6.45) is 4.12. The van der Waals surface area contributed by atoms with Gasteiger partial charge in [-0.25, -0.2) is 24.3 Å². The molecule has 2 heterocycles. The van der Waals surface area contributed by atoms with Crippen LogP contribution in [-0.4, -0.2) is 27.0 Å². The first kappa shape index (κ1) is 10.7. The molecule has 0 aliphatic carbocycles. The highest BCUT2D eigenvalue weighted by Gasteiger charge is 2.08. The van der Waals surface area contributed by atoms with E-state index in [9.17, 15) is 4.39 Å². The first-order valence-corrected chi connectivity index (χ1v) is 5.25. The van der Waals surface area contributed by atoms with Crippen molar-refractivity contribution in [3.05, 3.63) is 30.6 Å². The molecule has 0 radical (unpaired) electrons. The van der Waals surface area contributed by atoms with Gasteiger partial charge in [-0.2, -0.15) is 0 Å². The molecule has 0 spiro atoms. The quantitative estimate of drug-likeness (QED) is 0.818. The van der Waals surface area contributed by atoms with Crippen LogP contribution in [0.3, 0.4) is 0 Å². The van der Waals surface area contributed by atoms with Crippen molar-refractivity contribution in [1.82, 2.24) is 19.9 Å². The van der Waals surface area contributed by atoms with E-state index in [4.69, 9.17) is 0 Å². The number of aromatic nitrogens is 4. The summed E-state index contributed by atoms with van der Waals surface area (Å²) in [6, 6.07) is 1.69. The molecule has 5 nitrogen and oxygen atoms in total. The van der Waals surface area contributed by atoms with Gasteiger partial charge in [0.2, 0.25) is 5.95 Å². The van der Waals surface area contributed by atoms with E-state index < -0.39 is 5.82 Å². The molecule has 0 saturated carbocycles. The largest absolute Gasteiger partial charge is 0.357 e. The molecule has 82 valence electrons. The van der Waals surface area contributed by atoms with Gasteiger partial charge in [-0.05, 0) is 17.8 Å². The van der Waals surface area contributed by atoms with E-state index in [0.29, 0.717) is 11.0 Å². The van der Waals surface area contributed by atoms with Crippen LogP contribution in [0.5, 0.6) is 0 Å². The molecule has 2 rings (SSSR count). The molecular weight excluding hydrogens is 229 g/mol. The van der Waals surface area contributed by atoms with Crippen LogP contribution in [0, 0.1) is 5.82 Å². The molecule has 0 aliphatic heterocycles. The summed E-state index contributed by atoms with van der Waals surface area (Å²) in [4.78, 5) is 15.5. The average molecular weight is 237 g/mol. The number of hydrogen-bond donors (Lipinski definition) is 1. The molecule has 0 atom stereocenters. The number of rotatable bonds is 3. The van der Waals surface area contributed by atoms with Crippen molar-refractivity contribution < 1.29 is 4.39 Å². The predicted molar refractivity (Wildman–Crippen MR) is 57.7 cm³/mol. The molecule has 16 heavy (non-hydrogen) atoms. The van der Waals surface area contributed by atoms with Gasteiger partial charge in [-0.15, -0.1) is 0 Å². The zero-order chi connectivity index (χ0) is 11.4. The molecule has 2 aromatic rings. The fourth-order valence-electron chi connectivity index (χ4n) is 0.981. The summed E-state index contributed by atoms with van der Waals surface area (Å²) < 4.78 is 13.4. The summed E-state index contributed by atoms with van der Waals surface area (Å²) in [5.74, 6) is -0.0967. The van der Waals surface area contributed by atoms with Crippen molar-refractivity contribution >= 4 is 17.7 Å². The van der Waals surface area contributed by atoms with Crippen LogP contribution in [0.25, 0.3) is 0 Å². The summed E-state index contributed by atoms with van der Waals surface area (Å²) in [5.41, 5.74) is 0. The van der Waals surface area contributed by atoms with Crippen molar-refractivity contribution in [2.24, 2.45) is 0 Å². The van der Waals surface area contributed by atoms with E-state index in [1.165, 1.54) is 6.33 Å². The van der Waals surface area contributed by atoms with Gasteiger partial charge < -0.3 is 5.32 Å². The fraction of sp³-hybridized carbons (Fsp3) is 0.111. The SMILES string of the molecule is CNc1ncc(F)c(Sc2ccncn2)n1. The van der Waals surface area contributed by atoms with Gasteiger partial charge >= 0.3 is 0 Å². The molecule has 7 heteroatoms. The number of hydrogen-bond acceptors (Lipinski definition) is 6. The van der Waals surface area contributed by atoms with Crippen LogP contribution in [0.2, 0.25) is 0 Å². The zero-order valence-electron chi connectivity index (χ0n) is 8.38. The van der Waals surface area contributed by atoms with E-state index in [1.807, 2.05) is 0 Å². The smallest absolute Gasteiger partial charge is 0.223 e. The van der Waals surface area contributed by atoms with Crippen LogP contribution in [-0.2, 0) is 0 Å². The summed E-state index contributed by atoms with van der Waals surface area (Å²) in [7, 11) is 1.67. The lowest BCUT2D eigenvalue weighted by molar-refractivity contribution is 0.580. The number of nitrogens with zero attached hydrogens (tertiary/aromatic N) is 4. The van der Waals surface area contributed by atoms with Crippen LogP contribution in [0.15, 0.2) is 34.8 Å². The minimum Gasteiger partial charge on any atom is -0.357 e. The molecule has 0 amide bonds. The van der Waals surface area contributed by atoms with E-state index >= 15 is 0 Å². The Morgan fingerprint density at radius 1 is 1.38 bits per heavy atom. The Hall–Kier alpha value is -1.76. The van der Waals surface area contributed by atoms with Crippen molar-refractivity contribution in [3.63, 3.8) is 0 Å². The van der Waals surface area contributed by atoms with Crippen LogP contribution >= 0.6 is 11.8 Å². The lowest BCUT2D eigenvalue weighted by atomic mass is 10.6. The Balaban J connectivity index is 2.27. The van der Waals surface area contributed by atoms with Gasteiger partial charge in [0.05, 0.1) is 6.20 Å². The first-order valence-electron chi connectivity index (χ1n) is 4.44. The maximum absolute atomic E-state index is 13.4. The van der Waals surface area contributed by atoms with Gasteiger partial charge in [0.15, 0.2) is 5.82 Å². The van der Waals surface area contributed by atoms with Gasteiger partial charge in [0, 0.05) is 13.2 Å². The maximum Gasteiger partial charge on any atom is 0.223 e. The van der Waals surface area contributed by atoms with Gasteiger partial charge in [-0.1, -0.05) is 0 Å². The second-order valence-electron chi connectivity index (χ2n) is 2.75. The topological polar surface area (TPSA) is 63.6 Å². The van der Waals surface area contributed by atoms with E-state index in [0.717, 1.165) is 18.0 Å². The van der Waals surface area contributed by atoms with Gasteiger partial charge in [-0.3, -0.25) is 0 Å². The summed E-state index contributed by atoms with van der Waals surface area (Å²) >= 11 is 1.13. The zero-order valence-corrected chi connectivity index (χ0v) is 9.20. The minimum absolute atomic E-state index is 0.234. The third-order valence-corrected chi connectivity index (χ3v) is 2.62. The summed E-state index contributed by atoms with van der Waals surface area (Å²) in [6.45, 7) is 0. The van der Waals surface area contributed by atoms with Crippen molar-refractivity contribution in [2.75, 3.05) is 12.4 Å². The molecule has 0 unspecified atom stereocenters. The van der Waals surface area contributed by atoms with Gasteiger partial charge in [0.25, 0.3) is 0 Å². The lowest BCUT2D eigenvalue weighted by Crippen LogP contribution is -1.99. The third-order valence-electron chi connectivity index (χ3n) is 1.69. The van der Waals surface area contributed by atoms with Crippen molar-refractivity contribution in [1.29, 1.82) is 0 Å². The van der Waals surface area contributed by atoms with Crippen LogP contribution in [0.1, 0.15) is 0 Å². The second kappa shape index (κ2) is 4.84. The lowest BCUT2D eigenvalue weighted by Gasteiger charge is -2.03. The minimum atomic E-state index is -0.470.